The van der Waals surface area contributed by atoms with Gasteiger partial charge in [-0.15, -0.1) is 0 Å². The van der Waals surface area contributed by atoms with Gasteiger partial charge >= 0.3 is 0 Å². The quantitative estimate of drug-likeness (QED) is 0.775. The highest BCUT2D eigenvalue weighted by Gasteiger charge is 2.24. The van der Waals surface area contributed by atoms with Crippen molar-refractivity contribution in [1.82, 2.24) is 15.5 Å². The smallest absolute Gasteiger partial charge is 0.255 e. The van der Waals surface area contributed by atoms with E-state index in [0.717, 1.165) is 29.0 Å². The lowest BCUT2D eigenvalue weighted by Crippen LogP contribution is -2.32. The number of benzene rings is 1. The second-order valence-electron chi connectivity index (χ2n) is 5.37. The Morgan fingerprint density at radius 1 is 1.35 bits per heavy atom. The summed E-state index contributed by atoms with van der Waals surface area (Å²) in [7, 11) is 0. The van der Waals surface area contributed by atoms with Gasteiger partial charge in [0.1, 0.15) is 5.75 Å². The summed E-state index contributed by atoms with van der Waals surface area (Å²) in [4.78, 5) is 12.7. The van der Waals surface area contributed by atoms with Crippen LogP contribution in [0.5, 0.6) is 5.75 Å². The zero-order valence-corrected chi connectivity index (χ0v) is 13.1. The first kappa shape index (κ1) is 14.0. The second-order valence-corrected chi connectivity index (χ2v) is 6.15. The first-order valence-electron chi connectivity index (χ1n) is 7.41. The minimum Gasteiger partial charge on any atom is -0.493 e. The van der Waals surface area contributed by atoms with Gasteiger partial charge in [-0.05, 0) is 17.5 Å². The summed E-state index contributed by atoms with van der Waals surface area (Å²) in [5.41, 5.74) is 3.31. The molecule has 0 spiro atoms. The van der Waals surface area contributed by atoms with Crippen LogP contribution in [0.15, 0.2) is 47.3 Å². The van der Waals surface area contributed by atoms with E-state index in [-0.39, 0.29) is 11.9 Å². The third-order valence-electron chi connectivity index (χ3n) is 3.96. The number of ether oxygens (including phenoxy) is 1. The number of hydrogen-bond donors (Lipinski definition) is 2. The summed E-state index contributed by atoms with van der Waals surface area (Å²) >= 11 is 1.59. The van der Waals surface area contributed by atoms with Crippen molar-refractivity contribution in [2.45, 2.75) is 12.5 Å². The van der Waals surface area contributed by atoms with Gasteiger partial charge in [-0.25, -0.2) is 0 Å². The number of carbonyl (C=O) groups is 1. The Labute approximate surface area is 137 Å². The normalized spacial score (nSPS) is 16.4. The van der Waals surface area contributed by atoms with Crippen molar-refractivity contribution in [2.75, 3.05) is 6.61 Å². The number of hydrogen-bond acceptors (Lipinski definition) is 4. The van der Waals surface area contributed by atoms with E-state index in [1.54, 1.807) is 17.5 Å². The molecule has 2 N–H and O–H groups in total. The number of nitrogens with one attached hydrogen (secondary N) is 2. The Hall–Kier alpha value is -2.60. The summed E-state index contributed by atoms with van der Waals surface area (Å²) in [5.74, 6) is 0.718. The SMILES string of the molecule is O=C(NC1CCOc2ccccc21)c1cn[nH]c1-c1ccsc1. The van der Waals surface area contributed by atoms with Gasteiger partial charge in [0.2, 0.25) is 0 Å². The molecule has 0 fully saturated rings. The van der Waals surface area contributed by atoms with Crippen molar-refractivity contribution >= 4 is 17.2 Å². The highest BCUT2D eigenvalue weighted by atomic mass is 32.1. The van der Waals surface area contributed by atoms with E-state index in [9.17, 15) is 4.79 Å². The molecule has 0 saturated carbocycles. The third-order valence-corrected chi connectivity index (χ3v) is 4.64. The lowest BCUT2D eigenvalue weighted by molar-refractivity contribution is 0.0925. The summed E-state index contributed by atoms with van der Waals surface area (Å²) in [6.45, 7) is 0.602. The highest BCUT2D eigenvalue weighted by molar-refractivity contribution is 7.08. The highest BCUT2D eigenvalue weighted by Crippen LogP contribution is 2.32. The molecule has 5 nitrogen and oxygen atoms in total. The molecule has 0 bridgehead atoms. The molecule has 1 atom stereocenters. The molecular weight excluding hydrogens is 310 g/mol. The van der Waals surface area contributed by atoms with Gasteiger partial charge in [0.05, 0.1) is 30.1 Å². The van der Waals surface area contributed by atoms with Gasteiger partial charge in [-0.2, -0.15) is 16.4 Å². The predicted octanol–water partition coefficient (Wildman–Crippen LogP) is 3.39. The molecule has 0 radical (unpaired) electrons. The molecule has 0 saturated heterocycles. The lowest BCUT2D eigenvalue weighted by atomic mass is 10.00. The van der Waals surface area contributed by atoms with Gasteiger partial charge in [-0.1, -0.05) is 18.2 Å². The second kappa shape index (κ2) is 5.89. The first-order valence-corrected chi connectivity index (χ1v) is 8.36. The molecule has 4 rings (SSSR count). The minimum atomic E-state index is -0.123. The first-order chi connectivity index (χ1) is 11.3. The van der Waals surface area contributed by atoms with Crippen molar-refractivity contribution in [3.8, 4) is 17.0 Å². The van der Waals surface area contributed by atoms with E-state index in [2.05, 4.69) is 15.5 Å². The van der Waals surface area contributed by atoms with Gasteiger partial charge in [0.15, 0.2) is 0 Å². The van der Waals surface area contributed by atoms with Crippen molar-refractivity contribution in [2.24, 2.45) is 0 Å². The number of rotatable bonds is 3. The van der Waals surface area contributed by atoms with Crippen LogP contribution in [0.25, 0.3) is 11.3 Å². The van der Waals surface area contributed by atoms with Crippen molar-refractivity contribution in [3.63, 3.8) is 0 Å². The molecule has 3 heterocycles. The van der Waals surface area contributed by atoms with E-state index in [1.165, 1.54) is 0 Å². The van der Waals surface area contributed by atoms with Crippen LogP contribution in [0, 0.1) is 0 Å². The van der Waals surface area contributed by atoms with Gasteiger partial charge < -0.3 is 10.1 Å². The Balaban J connectivity index is 1.59. The predicted molar refractivity (Wildman–Crippen MR) is 88.7 cm³/mol. The Morgan fingerprint density at radius 2 is 2.26 bits per heavy atom. The van der Waals surface area contributed by atoms with Crippen LogP contribution in [0.3, 0.4) is 0 Å². The van der Waals surface area contributed by atoms with Gasteiger partial charge in [0, 0.05) is 22.9 Å². The monoisotopic (exact) mass is 325 g/mol. The topological polar surface area (TPSA) is 67.0 Å². The number of para-hydroxylation sites is 1. The van der Waals surface area contributed by atoms with Gasteiger partial charge in [0.25, 0.3) is 5.91 Å². The van der Waals surface area contributed by atoms with Crippen LogP contribution >= 0.6 is 11.3 Å². The third kappa shape index (κ3) is 2.61. The van der Waals surface area contributed by atoms with E-state index >= 15 is 0 Å². The van der Waals surface area contributed by atoms with E-state index in [0.29, 0.717) is 12.2 Å². The fraction of sp³-hybridized carbons (Fsp3) is 0.176. The number of aromatic nitrogens is 2. The zero-order valence-electron chi connectivity index (χ0n) is 12.3. The number of fused-ring (bicyclic) bond motifs is 1. The average Bonchev–Trinajstić information content (AvgIpc) is 3.26. The van der Waals surface area contributed by atoms with E-state index < -0.39 is 0 Å². The molecule has 3 aromatic rings. The number of nitrogens with zero attached hydrogens (tertiary/aromatic N) is 1. The van der Waals surface area contributed by atoms with Crippen molar-refractivity contribution in [1.29, 1.82) is 0 Å². The molecule has 1 amide bonds. The molecule has 116 valence electrons. The number of carbonyl (C=O) groups excluding carboxylic acids is 1. The van der Waals surface area contributed by atoms with E-state index in [1.807, 2.05) is 41.1 Å². The van der Waals surface area contributed by atoms with E-state index in [4.69, 9.17) is 4.74 Å². The summed E-state index contributed by atoms with van der Waals surface area (Å²) in [6, 6.07) is 9.75. The van der Waals surface area contributed by atoms with Crippen LogP contribution in [0.4, 0.5) is 0 Å². The largest absolute Gasteiger partial charge is 0.493 e. The fourth-order valence-corrected chi connectivity index (χ4v) is 3.46. The molecule has 1 aliphatic rings. The molecule has 2 aromatic heterocycles. The maximum atomic E-state index is 12.7. The maximum absolute atomic E-state index is 12.7. The van der Waals surface area contributed by atoms with Crippen LogP contribution in [-0.2, 0) is 0 Å². The molecule has 1 aromatic carbocycles. The molecule has 6 heteroatoms. The molecule has 23 heavy (non-hydrogen) atoms. The minimum absolute atomic E-state index is 0.0438. The number of aromatic amines is 1. The summed E-state index contributed by atoms with van der Waals surface area (Å²) in [5, 5.41) is 14.0. The Morgan fingerprint density at radius 3 is 3.13 bits per heavy atom. The summed E-state index contributed by atoms with van der Waals surface area (Å²) in [6.07, 6.45) is 2.34. The van der Waals surface area contributed by atoms with Crippen LogP contribution in [0.1, 0.15) is 28.4 Å². The summed E-state index contributed by atoms with van der Waals surface area (Å²) < 4.78 is 5.64. The number of H-pyrrole nitrogens is 1. The lowest BCUT2D eigenvalue weighted by Gasteiger charge is -2.26. The van der Waals surface area contributed by atoms with Crippen molar-refractivity contribution < 1.29 is 9.53 Å². The number of thiophene rings is 1. The van der Waals surface area contributed by atoms with Crippen LogP contribution < -0.4 is 10.1 Å². The van der Waals surface area contributed by atoms with Crippen molar-refractivity contribution in [3.05, 3.63) is 58.4 Å². The average molecular weight is 325 g/mol. The Bertz CT molecular complexity index is 826. The Kier molecular flexibility index (Phi) is 3.59. The number of amides is 1. The van der Waals surface area contributed by atoms with Gasteiger partial charge in [-0.3, -0.25) is 9.89 Å². The molecule has 0 aliphatic carbocycles. The molecule has 1 aliphatic heterocycles. The van der Waals surface area contributed by atoms with Crippen LogP contribution in [-0.4, -0.2) is 22.7 Å². The molecule has 1 unspecified atom stereocenters. The fourth-order valence-electron chi connectivity index (χ4n) is 2.81. The molecular formula is C17H15N3O2S. The standard InChI is InChI=1S/C17H15N3O2S/c21-17(13-9-18-20-16(13)11-6-8-23-10-11)19-14-5-7-22-15-4-2-1-3-12(14)15/h1-4,6,8-10,14H,5,7H2,(H,18,20)(H,19,21). The maximum Gasteiger partial charge on any atom is 0.255 e. The van der Waals surface area contributed by atoms with Crippen LogP contribution in [0.2, 0.25) is 0 Å². The zero-order chi connectivity index (χ0) is 15.6.